The molecule has 0 radical (unpaired) electrons. The number of esters is 2. The van der Waals surface area contributed by atoms with Crippen LogP contribution in [0.15, 0.2) is 24.3 Å². The summed E-state index contributed by atoms with van der Waals surface area (Å²) in [6.07, 6.45) is -1.19. The predicted octanol–water partition coefficient (Wildman–Crippen LogP) is 5.29. The molecule has 2 rings (SSSR count). The maximum Gasteiger partial charge on any atom is 0.472 e. The summed E-state index contributed by atoms with van der Waals surface area (Å²) in [5.41, 5.74) is 0. The van der Waals surface area contributed by atoms with Crippen molar-refractivity contribution in [3.05, 3.63) is 24.3 Å². The van der Waals surface area contributed by atoms with Gasteiger partial charge in [-0.1, -0.05) is 109 Å². The molecule has 10 N–H and O–H groups in total. The Kier molecular flexibility index (Phi) is 31.5. The molecule has 1 aliphatic heterocycles. The van der Waals surface area contributed by atoms with Crippen LogP contribution in [0.4, 0.5) is 0 Å². The van der Waals surface area contributed by atoms with Gasteiger partial charge in [0.15, 0.2) is 6.10 Å². The van der Waals surface area contributed by atoms with Gasteiger partial charge in [0.25, 0.3) is 0 Å². The first-order valence-electron chi connectivity index (χ1n) is 25.1. The molecule has 22 heteroatoms. The number of carbonyl (C=O) groups is 3. The lowest BCUT2D eigenvalue weighted by Crippen LogP contribution is -2.56. The molecule has 2 bridgehead atoms. The van der Waals surface area contributed by atoms with Crippen LogP contribution < -0.4 is 0 Å². The number of ether oxygens (including phenoxy) is 2. The van der Waals surface area contributed by atoms with Crippen LogP contribution in [0.3, 0.4) is 0 Å². The lowest BCUT2D eigenvalue weighted by atomic mass is 9.82. The Balaban J connectivity index is 2.37. The van der Waals surface area contributed by atoms with E-state index in [1.807, 2.05) is 6.92 Å². The van der Waals surface area contributed by atoms with E-state index >= 15 is 0 Å². The van der Waals surface area contributed by atoms with Gasteiger partial charge in [-0.3, -0.25) is 28.0 Å². The van der Waals surface area contributed by atoms with Gasteiger partial charge in [-0.25, -0.2) is 9.13 Å². The monoisotopic (exact) mass is 1030 g/mol. The number of aliphatic hydroxyl groups excluding tert-OH is 7. The van der Waals surface area contributed by atoms with E-state index in [-0.39, 0.29) is 38.5 Å². The minimum Gasteiger partial charge on any atom is -0.462 e. The number of rotatable bonds is 24. The number of hydrogen-bond donors (Lipinski definition) is 10. The van der Waals surface area contributed by atoms with Crippen molar-refractivity contribution in [2.24, 2.45) is 11.8 Å². The number of hydrogen-bond acceptors (Lipinski definition) is 17. The van der Waals surface area contributed by atoms with Crippen LogP contribution in [0.5, 0.6) is 0 Å². The van der Waals surface area contributed by atoms with E-state index in [0.717, 1.165) is 69.9 Å². The molecule has 0 aromatic rings. The first-order chi connectivity index (χ1) is 32.7. The van der Waals surface area contributed by atoms with Crippen LogP contribution >= 0.6 is 15.6 Å². The first-order valence-corrected chi connectivity index (χ1v) is 28.1. The Morgan fingerprint density at radius 3 is 2.01 bits per heavy atom. The minimum atomic E-state index is -5.81. The molecule has 1 saturated heterocycles. The van der Waals surface area contributed by atoms with E-state index in [2.05, 4.69) is 19.1 Å². The Morgan fingerprint density at radius 1 is 0.783 bits per heavy atom. The van der Waals surface area contributed by atoms with Crippen molar-refractivity contribution in [3.63, 3.8) is 0 Å². The lowest BCUT2D eigenvalue weighted by molar-refractivity contribution is -0.166. The number of ketones is 1. The first kappa shape index (κ1) is 63.1. The quantitative estimate of drug-likeness (QED) is 0.0254. The number of cyclic esters (lactones) is 1. The van der Waals surface area contributed by atoms with Gasteiger partial charge >= 0.3 is 27.6 Å². The van der Waals surface area contributed by atoms with Gasteiger partial charge in [-0.2, -0.15) is 0 Å². The second-order valence-electron chi connectivity index (χ2n) is 18.5. The molecule has 1 aliphatic carbocycles. The van der Waals surface area contributed by atoms with Crippen LogP contribution in [0.2, 0.25) is 0 Å². The molecule has 1 heterocycles. The molecular formula is C47H84O20P2. The molecule has 2 fully saturated rings. The SMILES string of the molecule is CCCCCC/C=C\CCCCCCCCCC(=O)O[C@@H]1COC(=O)CCCCC(=O)C[C@@H]2[C@@H](O)[C@H](O)[C@@H](O)[C@H](OP(=O)(O)OC1)[C@H](OP(=O)(O)O)[C@H](O)[C@@H](C=C[C@@H](O)CCCCC)[C@H](O)C[C@@H]2O. The third-order valence-electron chi connectivity index (χ3n) is 12.5. The molecule has 13 atom stereocenters. The van der Waals surface area contributed by atoms with Gasteiger partial charge < -0.3 is 59.9 Å². The Morgan fingerprint density at radius 2 is 1.38 bits per heavy atom. The summed E-state index contributed by atoms with van der Waals surface area (Å²) in [5.74, 6) is -5.59. The van der Waals surface area contributed by atoms with Crippen LogP contribution in [0, 0.1) is 11.8 Å². The van der Waals surface area contributed by atoms with Crippen molar-refractivity contribution < 1.29 is 97.0 Å². The van der Waals surface area contributed by atoms with Gasteiger partial charge in [0, 0.05) is 43.9 Å². The fourth-order valence-corrected chi connectivity index (χ4v) is 9.96. The standard InChI is InChI=1S/C47H84O20P2/c1-3-5-7-8-9-10-11-12-13-14-15-16-17-18-20-26-41(53)65-35-31-63-40(52)25-22-21-24-34(49)29-37-39(51)30-38(50)36(28-27-33(48)23-19-6-4-2)43(55)46(66-68(58,59)60)47(45(57)44(56)42(37)54)67-69(61,62)64-32-35/h10-11,27-28,33,35-39,42-48,50-51,54-57H,3-9,12-26,29-32H2,1-2H3,(H,61,62)(H2,58,59,60)/b11-10-,28-27?/t33-,35+,36-,37-,38+,39-,42+,43+,44-,45+,46+,47-/m0/s1. The van der Waals surface area contributed by atoms with Crippen molar-refractivity contribution in [1.29, 1.82) is 0 Å². The number of aliphatic hydroxyl groups is 7. The highest BCUT2D eigenvalue weighted by Crippen LogP contribution is 2.50. The zero-order chi connectivity index (χ0) is 51.4. The summed E-state index contributed by atoms with van der Waals surface area (Å²) in [6, 6.07) is 0. The third kappa shape index (κ3) is 26.5. The van der Waals surface area contributed by atoms with Gasteiger partial charge in [-0.15, -0.1) is 0 Å². The number of carbonyl (C=O) groups excluding carboxylic acids is 3. The number of phosphoric ester groups is 2. The number of allylic oxidation sites excluding steroid dienone is 2. The number of fused-ring (bicyclic) bond motifs is 4. The Bertz CT molecular complexity index is 1610. The molecule has 0 aromatic carbocycles. The van der Waals surface area contributed by atoms with E-state index < -0.39 is 132 Å². The highest BCUT2D eigenvalue weighted by atomic mass is 31.2. The summed E-state index contributed by atoms with van der Waals surface area (Å²) in [7, 11) is -11.5. The van der Waals surface area contributed by atoms with Gasteiger partial charge in [0.1, 0.15) is 36.8 Å². The van der Waals surface area contributed by atoms with Crippen LogP contribution in [0.25, 0.3) is 0 Å². The normalized spacial score (nSPS) is 31.5. The van der Waals surface area contributed by atoms with E-state index in [1.165, 1.54) is 25.7 Å². The average Bonchev–Trinajstić information content (AvgIpc) is 3.29. The lowest BCUT2D eigenvalue weighted by Gasteiger charge is -2.38. The molecule has 0 aromatic heterocycles. The summed E-state index contributed by atoms with van der Waals surface area (Å²) >= 11 is 0. The van der Waals surface area contributed by atoms with E-state index in [1.54, 1.807) is 0 Å². The highest BCUT2D eigenvalue weighted by Gasteiger charge is 2.52. The zero-order valence-corrected chi connectivity index (χ0v) is 42.4. The highest BCUT2D eigenvalue weighted by molar-refractivity contribution is 7.47. The molecular weight excluding hydrogens is 946 g/mol. The Labute approximate surface area is 407 Å². The largest absolute Gasteiger partial charge is 0.472 e. The number of Topliss-reactive ketones (excluding diaryl/α,β-unsaturated/α-hetero) is 1. The maximum absolute atomic E-state index is 13.8. The molecule has 2 aliphatic rings. The number of unbranched alkanes of at least 4 members (excludes halogenated alkanes) is 13. The third-order valence-corrected chi connectivity index (χ3v) is 14.0. The predicted molar refractivity (Wildman–Crippen MR) is 253 cm³/mol. The summed E-state index contributed by atoms with van der Waals surface area (Å²) in [4.78, 5) is 70.0. The van der Waals surface area contributed by atoms with E-state index in [0.29, 0.717) is 19.3 Å². The zero-order valence-electron chi connectivity index (χ0n) is 40.6. The summed E-state index contributed by atoms with van der Waals surface area (Å²) in [6.45, 7) is 2.45. The molecule has 402 valence electrons. The van der Waals surface area contributed by atoms with Crippen LogP contribution in [0.1, 0.15) is 168 Å². The maximum atomic E-state index is 13.8. The van der Waals surface area contributed by atoms with Crippen molar-refractivity contribution in [1.82, 2.24) is 0 Å². The van der Waals surface area contributed by atoms with E-state index in [9.17, 15) is 73.9 Å². The fraction of sp³-hybridized carbons (Fsp3) is 0.851. The second-order valence-corrected chi connectivity index (χ2v) is 21.1. The van der Waals surface area contributed by atoms with Gasteiger partial charge in [-0.05, 0) is 51.4 Å². The molecule has 20 nitrogen and oxygen atoms in total. The molecule has 1 unspecified atom stereocenters. The van der Waals surface area contributed by atoms with Crippen molar-refractivity contribution >= 4 is 33.4 Å². The molecule has 0 amide bonds. The second kappa shape index (κ2) is 34.5. The summed E-state index contributed by atoms with van der Waals surface area (Å²) in [5, 5.41) is 79.8. The molecule has 69 heavy (non-hydrogen) atoms. The topological polar surface area (TPSA) is 334 Å². The van der Waals surface area contributed by atoms with Crippen molar-refractivity contribution in [3.8, 4) is 0 Å². The van der Waals surface area contributed by atoms with Crippen molar-refractivity contribution in [2.75, 3.05) is 13.2 Å². The van der Waals surface area contributed by atoms with E-state index in [4.69, 9.17) is 23.0 Å². The van der Waals surface area contributed by atoms with Gasteiger partial charge in [0.05, 0.1) is 37.1 Å². The molecule has 1 saturated carbocycles. The van der Waals surface area contributed by atoms with Crippen molar-refractivity contribution in [2.45, 2.75) is 229 Å². The number of phosphoric acid groups is 2. The Hall–Kier alpha value is -1.97. The van der Waals surface area contributed by atoms with Crippen LogP contribution in [-0.2, 0) is 46.6 Å². The van der Waals surface area contributed by atoms with Gasteiger partial charge in [0.2, 0.25) is 0 Å². The fourth-order valence-electron chi connectivity index (χ4n) is 8.43. The smallest absolute Gasteiger partial charge is 0.462 e. The minimum absolute atomic E-state index is 0.0600. The molecule has 0 spiro atoms. The average molecular weight is 1030 g/mol. The van der Waals surface area contributed by atoms with Crippen LogP contribution in [-0.4, -0.2) is 142 Å². The summed E-state index contributed by atoms with van der Waals surface area (Å²) < 4.78 is 52.1.